The Labute approximate surface area is 115 Å². The van der Waals surface area contributed by atoms with Crippen molar-refractivity contribution in [2.24, 2.45) is 5.92 Å². The molecular weight excluding hydrogens is 269 g/mol. The van der Waals surface area contributed by atoms with Gasteiger partial charge in [0.15, 0.2) is 0 Å². The van der Waals surface area contributed by atoms with Crippen LogP contribution in [0.1, 0.15) is 24.0 Å². The average molecular weight is 284 g/mol. The number of ether oxygens (including phenoxy) is 1. The molecule has 0 bridgehead atoms. The van der Waals surface area contributed by atoms with Crippen molar-refractivity contribution in [1.29, 1.82) is 5.26 Å². The Hall–Kier alpha value is -1.74. The smallest absolute Gasteiger partial charge is 0.384 e. The Morgan fingerprint density at radius 1 is 1.40 bits per heavy atom. The first kappa shape index (κ1) is 14.7. The van der Waals surface area contributed by atoms with Gasteiger partial charge in [0.2, 0.25) is 0 Å². The van der Waals surface area contributed by atoms with Gasteiger partial charge >= 0.3 is 6.18 Å². The quantitative estimate of drug-likeness (QED) is 0.925. The summed E-state index contributed by atoms with van der Waals surface area (Å²) in [5.41, 5.74) is -0.778. The minimum Gasteiger partial charge on any atom is -0.384 e. The maximum absolute atomic E-state index is 13.0. The second kappa shape index (κ2) is 6.14. The number of anilines is 1. The molecule has 0 aliphatic carbocycles. The van der Waals surface area contributed by atoms with Gasteiger partial charge in [-0.25, -0.2) is 0 Å². The topological polar surface area (TPSA) is 45.0 Å². The lowest BCUT2D eigenvalue weighted by atomic mass is 10.0. The number of nitriles is 1. The van der Waals surface area contributed by atoms with E-state index < -0.39 is 11.7 Å². The van der Waals surface area contributed by atoms with E-state index in [0.717, 1.165) is 25.5 Å². The maximum Gasteiger partial charge on any atom is 0.418 e. The fraction of sp³-hybridized carbons (Fsp3) is 0.500. The SMILES string of the molecule is N#Cc1ccc(NCC2CCCOC2)c(C(F)(F)F)c1. The van der Waals surface area contributed by atoms with Crippen LogP contribution in [0.3, 0.4) is 0 Å². The van der Waals surface area contributed by atoms with Gasteiger partial charge in [0.05, 0.1) is 23.8 Å². The third-order valence-corrected chi connectivity index (χ3v) is 3.29. The Balaban J connectivity index is 2.12. The lowest BCUT2D eigenvalue weighted by molar-refractivity contribution is -0.137. The van der Waals surface area contributed by atoms with Crippen LogP contribution >= 0.6 is 0 Å². The minimum atomic E-state index is -4.47. The van der Waals surface area contributed by atoms with Crippen molar-refractivity contribution in [3.05, 3.63) is 29.3 Å². The molecule has 1 aromatic rings. The number of nitrogens with one attached hydrogen (secondary N) is 1. The van der Waals surface area contributed by atoms with Gasteiger partial charge in [0.25, 0.3) is 0 Å². The Morgan fingerprint density at radius 3 is 2.80 bits per heavy atom. The van der Waals surface area contributed by atoms with E-state index in [2.05, 4.69) is 5.32 Å². The van der Waals surface area contributed by atoms with Gasteiger partial charge in [-0.3, -0.25) is 0 Å². The molecule has 0 spiro atoms. The maximum atomic E-state index is 13.0. The van der Waals surface area contributed by atoms with Crippen molar-refractivity contribution < 1.29 is 17.9 Å². The molecular formula is C14H15F3N2O. The van der Waals surface area contributed by atoms with E-state index in [1.54, 1.807) is 6.07 Å². The fourth-order valence-electron chi connectivity index (χ4n) is 2.23. The van der Waals surface area contributed by atoms with Gasteiger partial charge in [-0.1, -0.05) is 0 Å². The number of alkyl halides is 3. The normalized spacial score (nSPS) is 19.4. The van der Waals surface area contributed by atoms with Crippen LogP contribution in [0.25, 0.3) is 0 Å². The average Bonchev–Trinajstić information content (AvgIpc) is 2.45. The zero-order valence-electron chi connectivity index (χ0n) is 10.8. The van der Waals surface area contributed by atoms with E-state index in [4.69, 9.17) is 10.00 Å². The zero-order chi connectivity index (χ0) is 14.6. The summed E-state index contributed by atoms with van der Waals surface area (Å²) in [5.74, 6) is 0.223. The third-order valence-electron chi connectivity index (χ3n) is 3.29. The van der Waals surface area contributed by atoms with Gasteiger partial charge in [0.1, 0.15) is 0 Å². The molecule has 1 fully saturated rings. The lowest BCUT2D eigenvalue weighted by Gasteiger charge is -2.23. The number of hydrogen-bond acceptors (Lipinski definition) is 3. The second-order valence-corrected chi connectivity index (χ2v) is 4.83. The van der Waals surface area contributed by atoms with E-state index >= 15 is 0 Å². The standard InChI is InChI=1S/C14H15F3N2O/c15-14(16,17)12-6-10(7-18)3-4-13(12)19-8-11-2-1-5-20-9-11/h3-4,6,11,19H,1-2,5,8-9H2. The summed E-state index contributed by atoms with van der Waals surface area (Å²) in [5, 5.41) is 11.5. The predicted octanol–water partition coefficient (Wildman–Crippen LogP) is 3.42. The van der Waals surface area contributed by atoms with Crippen molar-refractivity contribution in [3.63, 3.8) is 0 Å². The van der Waals surface area contributed by atoms with E-state index in [-0.39, 0.29) is 17.2 Å². The highest BCUT2D eigenvalue weighted by molar-refractivity contribution is 5.56. The van der Waals surface area contributed by atoms with Crippen molar-refractivity contribution >= 4 is 5.69 Å². The van der Waals surface area contributed by atoms with Crippen LogP contribution in [0.5, 0.6) is 0 Å². The van der Waals surface area contributed by atoms with Gasteiger partial charge < -0.3 is 10.1 Å². The molecule has 20 heavy (non-hydrogen) atoms. The summed E-state index contributed by atoms with van der Waals surface area (Å²) in [6.07, 6.45) is -2.59. The first-order chi connectivity index (χ1) is 9.50. The summed E-state index contributed by atoms with van der Waals surface area (Å²) in [7, 11) is 0. The van der Waals surface area contributed by atoms with Crippen LogP contribution in [0.15, 0.2) is 18.2 Å². The molecule has 1 heterocycles. The number of hydrogen-bond donors (Lipinski definition) is 1. The van der Waals surface area contributed by atoms with Gasteiger partial charge in [0, 0.05) is 18.8 Å². The van der Waals surface area contributed by atoms with E-state index in [0.29, 0.717) is 13.2 Å². The van der Waals surface area contributed by atoms with Gasteiger partial charge in [-0.15, -0.1) is 0 Å². The number of halogens is 3. The van der Waals surface area contributed by atoms with Crippen molar-refractivity contribution in [1.82, 2.24) is 0 Å². The molecule has 1 N–H and O–H groups in total. The van der Waals surface area contributed by atoms with Crippen LogP contribution in [0.2, 0.25) is 0 Å². The summed E-state index contributed by atoms with van der Waals surface area (Å²) in [4.78, 5) is 0. The number of nitrogens with zero attached hydrogens (tertiary/aromatic N) is 1. The first-order valence-electron chi connectivity index (χ1n) is 6.43. The van der Waals surface area contributed by atoms with E-state index in [1.165, 1.54) is 12.1 Å². The van der Waals surface area contributed by atoms with E-state index in [9.17, 15) is 13.2 Å². The summed E-state index contributed by atoms with van der Waals surface area (Å²) < 4.78 is 44.2. The van der Waals surface area contributed by atoms with Gasteiger partial charge in [-0.2, -0.15) is 18.4 Å². The Bertz CT molecular complexity index is 502. The molecule has 3 nitrogen and oxygen atoms in total. The summed E-state index contributed by atoms with van der Waals surface area (Å²) >= 11 is 0. The molecule has 1 aliphatic rings. The van der Waals surface area contributed by atoms with Crippen molar-refractivity contribution in [3.8, 4) is 6.07 Å². The molecule has 1 saturated heterocycles. The Kier molecular flexibility index (Phi) is 4.50. The van der Waals surface area contributed by atoms with Crippen LogP contribution in [-0.4, -0.2) is 19.8 Å². The predicted molar refractivity (Wildman–Crippen MR) is 68.2 cm³/mol. The monoisotopic (exact) mass is 284 g/mol. The molecule has 1 aromatic carbocycles. The molecule has 0 aromatic heterocycles. The molecule has 0 amide bonds. The highest BCUT2D eigenvalue weighted by Gasteiger charge is 2.34. The highest BCUT2D eigenvalue weighted by Crippen LogP contribution is 2.35. The zero-order valence-corrected chi connectivity index (χ0v) is 10.8. The largest absolute Gasteiger partial charge is 0.418 e. The second-order valence-electron chi connectivity index (χ2n) is 4.83. The summed E-state index contributed by atoms with van der Waals surface area (Å²) in [6, 6.07) is 5.29. The Morgan fingerprint density at radius 2 is 2.20 bits per heavy atom. The van der Waals surface area contributed by atoms with Crippen LogP contribution in [0.4, 0.5) is 18.9 Å². The third kappa shape index (κ3) is 3.64. The number of rotatable bonds is 3. The van der Waals surface area contributed by atoms with E-state index in [1.807, 2.05) is 0 Å². The lowest BCUT2D eigenvalue weighted by Crippen LogP contribution is -2.25. The fourth-order valence-corrected chi connectivity index (χ4v) is 2.23. The van der Waals surface area contributed by atoms with Crippen molar-refractivity contribution in [2.45, 2.75) is 19.0 Å². The van der Waals surface area contributed by atoms with Crippen molar-refractivity contribution in [2.75, 3.05) is 25.1 Å². The number of benzene rings is 1. The minimum absolute atomic E-state index is 0.00359. The molecule has 2 rings (SSSR count). The molecule has 1 unspecified atom stereocenters. The van der Waals surface area contributed by atoms with Gasteiger partial charge in [-0.05, 0) is 37.0 Å². The first-order valence-corrected chi connectivity index (χ1v) is 6.43. The molecule has 6 heteroatoms. The van der Waals surface area contributed by atoms with Crippen LogP contribution in [0, 0.1) is 17.2 Å². The molecule has 0 saturated carbocycles. The summed E-state index contributed by atoms with van der Waals surface area (Å²) in [6.45, 7) is 1.74. The molecule has 108 valence electrons. The highest BCUT2D eigenvalue weighted by atomic mass is 19.4. The molecule has 1 atom stereocenters. The molecule has 0 radical (unpaired) electrons. The molecule has 1 aliphatic heterocycles. The van der Waals surface area contributed by atoms with Crippen LogP contribution < -0.4 is 5.32 Å². The van der Waals surface area contributed by atoms with Crippen LogP contribution in [-0.2, 0) is 10.9 Å².